The summed E-state index contributed by atoms with van der Waals surface area (Å²) >= 11 is 0. The maximum atomic E-state index is 13.7. The molecule has 1 aromatic rings. The Hall–Kier alpha value is -2.79. The summed E-state index contributed by atoms with van der Waals surface area (Å²) in [5, 5.41) is 47.2. The molecule has 2 unspecified atom stereocenters. The van der Waals surface area contributed by atoms with Gasteiger partial charge in [-0.05, 0) is 57.0 Å². The van der Waals surface area contributed by atoms with Crippen molar-refractivity contribution < 1.29 is 34.8 Å². The van der Waals surface area contributed by atoms with E-state index in [2.05, 4.69) is 5.32 Å². The van der Waals surface area contributed by atoms with Crippen LogP contribution in [0, 0.1) is 17.8 Å². The van der Waals surface area contributed by atoms with Crippen LogP contribution >= 0.6 is 0 Å². The molecule has 0 radical (unpaired) electrons. The molecule has 36 heavy (non-hydrogen) atoms. The number of hydrogen-bond acceptors (Lipinski definition) is 9. The molecule has 0 aliphatic heterocycles. The van der Waals surface area contributed by atoms with Crippen LogP contribution in [0.2, 0.25) is 0 Å². The zero-order valence-electron chi connectivity index (χ0n) is 21.4. The van der Waals surface area contributed by atoms with Crippen molar-refractivity contribution in [2.45, 2.75) is 57.8 Å². The lowest BCUT2D eigenvalue weighted by Gasteiger charge is -2.48. The van der Waals surface area contributed by atoms with Gasteiger partial charge in [0.2, 0.25) is 5.91 Å². The van der Waals surface area contributed by atoms with Gasteiger partial charge in [0.25, 0.3) is 0 Å². The first-order valence-corrected chi connectivity index (χ1v) is 12.2. The summed E-state index contributed by atoms with van der Waals surface area (Å²) in [6.45, 7) is 5.23. The minimum Gasteiger partial charge on any atom is -0.508 e. The summed E-state index contributed by atoms with van der Waals surface area (Å²) in [5.41, 5.74) is 4.04. The number of aromatic hydroxyl groups is 1. The second-order valence-electron chi connectivity index (χ2n) is 10.4. The largest absolute Gasteiger partial charge is 0.508 e. The van der Waals surface area contributed by atoms with Gasteiger partial charge in [0.15, 0.2) is 17.2 Å². The molecule has 2 aliphatic rings. The number of nitrogens with zero attached hydrogens (tertiary/aromatic N) is 1. The van der Waals surface area contributed by atoms with Crippen LogP contribution in [0.1, 0.15) is 48.7 Å². The van der Waals surface area contributed by atoms with E-state index in [9.17, 15) is 34.8 Å². The molecule has 1 amide bonds. The fourth-order valence-corrected chi connectivity index (χ4v) is 5.52. The van der Waals surface area contributed by atoms with E-state index in [4.69, 9.17) is 5.73 Å². The van der Waals surface area contributed by atoms with E-state index in [1.54, 1.807) is 25.1 Å². The summed E-state index contributed by atoms with van der Waals surface area (Å²) in [7, 11) is 3.32. The van der Waals surface area contributed by atoms with Gasteiger partial charge in [-0.3, -0.25) is 14.4 Å². The molecule has 0 fully saturated rings. The molecular formula is C26H37N3O7. The van der Waals surface area contributed by atoms with Gasteiger partial charge >= 0.3 is 0 Å². The number of nitrogens with one attached hydrogen (secondary N) is 1. The zero-order chi connectivity index (χ0) is 27.1. The van der Waals surface area contributed by atoms with Crippen molar-refractivity contribution in [1.82, 2.24) is 10.2 Å². The second-order valence-corrected chi connectivity index (χ2v) is 10.4. The van der Waals surface area contributed by atoms with E-state index in [1.165, 1.54) is 13.0 Å². The zero-order valence-corrected chi connectivity index (χ0v) is 21.4. The van der Waals surface area contributed by atoms with Crippen molar-refractivity contribution in [3.8, 4) is 5.75 Å². The molecule has 2 aliphatic carbocycles. The number of allylic oxidation sites excluding steroid dienone is 1. The quantitative estimate of drug-likeness (QED) is 0.261. The molecule has 1 aromatic carbocycles. The number of hydrogen-bond donors (Lipinski definition) is 6. The smallest absolute Gasteiger partial charge is 0.227 e. The number of primary amides is 1. The maximum Gasteiger partial charge on any atom is 0.227 e. The Bertz CT molecular complexity index is 1100. The Labute approximate surface area is 210 Å². The van der Waals surface area contributed by atoms with E-state index >= 15 is 0 Å². The number of Topliss-reactive ketones (excluding diaryl/α,β-unsaturated/α-hetero) is 2. The molecule has 0 saturated heterocycles. The van der Waals surface area contributed by atoms with E-state index < -0.39 is 59.2 Å². The predicted octanol–water partition coefficient (Wildman–Crippen LogP) is 0.421. The molecule has 0 heterocycles. The highest BCUT2D eigenvalue weighted by atomic mass is 16.3. The molecule has 7 N–H and O–H groups in total. The lowest BCUT2D eigenvalue weighted by atomic mass is 9.60. The van der Waals surface area contributed by atoms with Crippen LogP contribution in [0.15, 0.2) is 23.5 Å². The Morgan fingerprint density at radius 1 is 1.22 bits per heavy atom. The third-order valence-electron chi connectivity index (χ3n) is 7.62. The predicted molar refractivity (Wildman–Crippen MR) is 132 cm³/mol. The summed E-state index contributed by atoms with van der Waals surface area (Å²) in [4.78, 5) is 40.6. The average Bonchev–Trinajstić information content (AvgIpc) is 2.80. The van der Waals surface area contributed by atoms with Crippen LogP contribution in [0.25, 0.3) is 0 Å². The van der Waals surface area contributed by atoms with Crippen LogP contribution in [0.3, 0.4) is 0 Å². The highest BCUT2D eigenvalue weighted by Crippen LogP contribution is 2.49. The first-order valence-electron chi connectivity index (χ1n) is 12.2. The number of aliphatic hydroxyl groups is 3. The van der Waals surface area contributed by atoms with Crippen LogP contribution in [0.5, 0.6) is 5.75 Å². The lowest BCUT2D eigenvalue weighted by molar-refractivity contribution is -0.155. The monoisotopic (exact) mass is 503 g/mol. The Kier molecular flexibility index (Phi) is 7.95. The SMILES string of the molecule is CC(C)NCc1ccc(O)c2c1C[C@H]1C[C@@H](C(CO)N(C)C)[C@@](O)(C(=O)C(C)C(N)=O)C(O)=C1C2=O. The number of carbonyl (C=O) groups excluding carboxylic acids is 3. The molecule has 10 nitrogen and oxygen atoms in total. The van der Waals surface area contributed by atoms with Crippen LogP contribution in [0.4, 0.5) is 0 Å². The van der Waals surface area contributed by atoms with Gasteiger partial charge in [0.05, 0.1) is 18.1 Å². The molecule has 0 bridgehead atoms. The third-order valence-corrected chi connectivity index (χ3v) is 7.62. The number of amides is 1. The van der Waals surface area contributed by atoms with Gasteiger partial charge < -0.3 is 36.4 Å². The highest BCUT2D eigenvalue weighted by molar-refractivity contribution is 6.15. The van der Waals surface area contributed by atoms with Crippen LogP contribution in [-0.4, -0.2) is 81.2 Å². The Morgan fingerprint density at radius 3 is 2.39 bits per heavy atom. The minimum absolute atomic E-state index is 0.0263. The summed E-state index contributed by atoms with van der Waals surface area (Å²) in [6.07, 6.45) is 0.357. The van der Waals surface area contributed by atoms with Gasteiger partial charge in [-0.1, -0.05) is 19.9 Å². The molecule has 10 heteroatoms. The van der Waals surface area contributed by atoms with Crippen molar-refractivity contribution >= 4 is 17.5 Å². The van der Waals surface area contributed by atoms with E-state index in [0.717, 1.165) is 5.56 Å². The molecule has 5 atom stereocenters. The Balaban J connectivity index is 2.23. The summed E-state index contributed by atoms with van der Waals surface area (Å²) < 4.78 is 0. The summed E-state index contributed by atoms with van der Waals surface area (Å²) in [5.74, 6) is -6.88. The summed E-state index contributed by atoms with van der Waals surface area (Å²) in [6, 6.07) is 2.57. The van der Waals surface area contributed by atoms with E-state index in [1.807, 2.05) is 13.8 Å². The van der Waals surface area contributed by atoms with Crippen molar-refractivity contribution in [1.29, 1.82) is 0 Å². The van der Waals surface area contributed by atoms with Gasteiger partial charge in [-0.2, -0.15) is 0 Å². The number of aliphatic hydroxyl groups excluding tert-OH is 2. The molecular weight excluding hydrogens is 466 g/mol. The molecule has 3 rings (SSSR count). The first kappa shape index (κ1) is 27.8. The first-order chi connectivity index (χ1) is 16.8. The molecule has 0 spiro atoms. The number of phenols is 1. The van der Waals surface area contributed by atoms with Gasteiger partial charge in [-0.15, -0.1) is 0 Å². The normalized spacial score (nSPS) is 25.5. The number of carbonyl (C=O) groups is 3. The molecule has 198 valence electrons. The average molecular weight is 504 g/mol. The maximum absolute atomic E-state index is 13.7. The van der Waals surface area contributed by atoms with Crippen LogP contribution in [-0.2, 0) is 22.6 Å². The highest BCUT2D eigenvalue weighted by Gasteiger charge is 2.59. The third kappa shape index (κ3) is 4.54. The van der Waals surface area contributed by atoms with E-state index in [-0.39, 0.29) is 35.8 Å². The van der Waals surface area contributed by atoms with Crippen molar-refractivity contribution in [3.63, 3.8) is 0 Å². The van der Waals surface area contributed by atoms with Crippen LogP contribution < -0.4 is 11.1 Å². The fraction of sp³-hybridized carbons (Fsp3) is 0.577. The standard InChI is InChI=1S/C26H37N3O7/c1-12(2)28-10-14-6-7-19(31)21-16(14)8-15-9-17(18(11-30)29(4)5)26(36,23(33)13(3)25(27)35)24(34)20(15)22(21)32/h6-7,12-13,15,17-18,28,30-31,34,36H,8-11H2,1-5H3,(H2,27,35)/t13?,15-,17-,18?,26+/m0/s1. The number of rotatable bonds is 9. The van der Waals surface area contributed by atoms with Gasteiger partial charge in [0, 0.05) is 30.1 Å². The number of nitrogens with two attached hydrogens (primary N) is 1. The molecule has 0 aromatic heterocycles. The minimum atomic E-state index is -2.63. The second kappa shape index (κ2) is 10.3. The Morgan fingerprint density at radius 2 is 1.86 bits per heavy atom. The number of ketones is 2. The number of phenolic OH excluding ortho intramolecular Hbond substituents is 1. The van der Waals surface area contributed by atoms with Gasteiger partial charge in [-0.25, -0.2) is 0 Å². The van der Waals surface area contributed by atoms with Crippen molar-refractivity contribution in [2.75, 3.05) is 20.7 Å². The number of benzene rings is 1. The fourth-order valence-electron chi connectivity index (χ4n) is 5.52. The number of likely N-dealkylation sites (N-methyl/N-ethyl adjacent to an activating group) is 1. The van der Waals surface area contributed by atoms with E-state index in [0.29, 0.717) is 12.1 Å². The lowest BCUT2D eigenvalue weighted by Crippen LogP contribution is -2.62. The van der Waals surface area contributed by atoms with Crippen molar-refractivity contribution in [2.24, 2.45) is 23.5 Å². The van der Waals surface area contributed by atoms with Crippen molar-refractivity contribution in [3.05, 3.63) is 40.2 Å². The topological polar surface area (TPSA) is 173 Å². The number of fused-ring (bicyclic) bond motifs is 2. The molecule has 0 saturated carbocycles. The van der Waals surface area contributed by atoms with Gasteiger partial charge in [0.1, 0.15) is 11.5 Å².